The van der Waals surface area contributed by atoms with Gasteiger partial charge in [0.05, 0.1) is 13.2 Å². The summed E-state index contributed by atoms with van der Waals surface area (Å²) < 4.78 is 5.33. The first-order valence-corrected chi connectivity index (χ1v) is 5.99. The Labute approximate surface area is 102 Å². The molecule has 1 aromatic rings. The fourth-order valence-electron chi connectivity index (χ4n) is 1.34. The maximum Gasteiger partial charge on any atom is 0.239 e. The van der Waals surface area contributed by atoms with Gasteiger partial charge in [0.1, 0.15) is 5.75 Å². The van der Waals surface area contributed by atoms with Gasteiger partial charge in [-0.3, -0.25) is 4.79 Å². The van der Waals surface area contributed by atoms with E-state index in [0.717, 1.165) is 24.4 Å². The number of rotatable bonds is 7. The SMILES string of the molecule is CCCNC(=O)CNc1ccc(OCC)cc1. The molecule has 0 aliphatic rings. The van der Waals surface area contributed by atoms with Crippen LogP contribution in [0, 0.1) is 0 Å². The van der Waals surface area contributed by atoms with Crippen LogP contribution in [0.15, 0.2) is 24.3 Å². The van der Waals surface area contributed by atoms with Gasteiger partial charge in [0.2, 0.25) is 5.91 Å². The van der Waals surface area contributed by atoms with Crippen LogP contribution in [0.1, 0.15) is 20.3 Å². The highest BCUT2D eigenvalue weighted by atomic mass is 16.5. The van der Waals surface area contributed by atoms with Gasteiger partial charge in [-0.1, -0.05) is 6.92 Å². The summed E-state index contributed by atoms with van der Waals surface area (Å²) in [7, 11) is 0. The molecule has 0 aliphatic heterocycles. The van der Waals surface area contributed by atoms with E-state index in [4.69, 9.17) is 4.74 Å². The van der Waals surface area contributed by atoms with Gasteiger partial charge in [0.25, 0.3) is 0 Å². The highest BCUT2D eigenvalue weighted by Gasteiger charge is 1.99. The van der Waals surface area contributed by atoms with Crippen molar-refractivity contribution in [3.8, 4) is 5.75 Å². The molecular formula is C13H20N2O2. The number of anilines is 1. The molecule has 0 fully saturated rings. The van der Waals surface area contributed by atoms with Gasteiger partial charge in [-0.25, -0.2) is 0 Å². The van der Waals surface area contributed by atoms with E-state index >= 15 is 0 Å². The van der Waals surface area contributed by atoms with Gasteiger partial charge < -0.3 is 15.4 Å². The Hall–Kier alpha value is -1.71. The molecule has 4 heteroatoms. The third kappa shape index (κ3) is 5.24. The zero-order valence-electron chi connectivity index (χ0n) is 10.5. The van der Waals surface area contributed by atoms with Crippen LogP contribution in [-0.4, -0.2) is 25.6 Å². The van der Waals surface area contributed by atoms with Crippen molar-refractivity contribution in [2.75, 3.05) is 25.0 Å². The largest absolute Gasteiger partial charge is 0.494 e. The van der Waals surface area contributed by atoms with Crippen LogP contribution in [0.5, 0.6) is 5.75 Å². The average Bonchev–Trinajstić information content (AvgIpc) is 2.36. The first-order chi connectivity index (χ1) is 8.26. The summed E-state index contributed by atoms with van der Waals surface area (Å²) in [5, 5.41) is 5.86. The van der Waals surface area contributed by atoms with Gasteiger partial charge in [-0.05, 0) is 37.6 Å². The molecule has 0 saturated carbocycles. The zero-order chi connectivity index (χ0) is 12.5. The third-order valence-electron chi connectivity index (χ3n) is 2.19. The average molecular weight is 236 g/mol. The molecule has 0 unspecified atom stereocenters. The molecule has 2 N–H and O–H groups in total. The lowest BCUT2D eigenvalue weighted by Gasteiger charge is -2.08. The Morgan fingerprint density at radius 1 is 1.24 bits per heavy atom. The lowest BCUT2D eigenvalue weighted by atomic mass is 10.3. The van der Waals surface area contributed by atoms with E-state index < -0.39 is 0 Å². The van der Waals surface area contributed by atoms with E-state index in [0.29, 0.717) is 13.2 Å². The minimum atomic E-state index is 0.0146. The molecule has 0 aromatic heterocycles. The quantitative estimate of drug-likeness (QED) is 0.761. The van der Waals surface area contributed by atoms with E-state index in [1.165, 1.54) is 0 Å². The van der Waals surface area contributed by atoms with Crippen LogP contribution < -0.4 is 15.4 Å². The first-order valence-electron chi connectivity index (χ1n) is 5.99. The molecule has 1 aromatic carbocycles. The van der Waals surface area contributed by atoms with E-state index in [-0.39, 0.29) is 5.91 Å². The number of carbonyl (C=O) groups is 1. The summed E-state index contributed by atoms with van der Waals surface area (Å²) in [5.41, 5.74) is 0.917. The van der Waals surface area contributed by atoms with Crippen molar-refractivity contribution in [2.24, 2.45) is 0 Å². The molecule has 1 amide bonds. The van der Waals surface area contributed by atoms with Crippen molar-refractivity contribution in [2.45, 2.75) is 20.3 Å². The molecule has 0 spiro atoms. The topological polar surface area (TPSA) is 50.4 Å². The summed E-state index contributed by atoms with van der Waals surface area (Å²) in [6, 6.07) is 7.57. The minimum Gasteiger partial charge on any atom is -0.494 e. The second kappa shape index (κ2) is 7.54. The van der Waals surface area contributed by atoms with E-state index in [1.54, 1.807) is 0 Å². The molecule has 0 heterocycles. The van der Waals surface area contributed by atoms with Crippen molar-refractivity contribution in [1.82, 2.24) is 5.32 Å². The molecule has 94 valence electrons. The number of ether oxygens (including phenoxy) is 1. The molecule has 17 heavy (non-hydrogen) atoms. The lowest BCUT2D eigenvalue weighted by Crippen LogP contribution is -2.30. The number of amides is 1. The Morgan fingerprint density at radius 3 is 2.53 bits per heavy atom. The Morgan fingerprint density at radius 2 is 1.94 bits per heavy atom. The van der Waals surface area contributed by atoms with Crippen molar-refractivity contribution in [1.29, 1.82) is 0 Å². The Kier molecular flexibility index (Phi) is 5.93. The lowest BCUT2D eigenvalue weighted by molar-refractivity contribution is -0.119. The molecule has 1 rings (SSSR count). The monoisotopic (exact) mass is 236 g/mol. The van der Waals surface area contributed by atoms with Crippen LogP contribution in [0.4, 0.5) is 5.69 Å². The summed E-state index contributed by atoms with van der Waals surface area (Å²) in [4.78, 5) is 11.3. The van der Waals surface area contributed by atoms with E-state index in [1.807, 2.05) is 38.1 Å². The Bertz CT molecular complexity index is 336. The van der Waals surface area contributed by atoms with Crippen molar-refractivity contribution in [3.63, 3.8) is 0 Å². The van der Waals surface area contributed by atoms with E-state index in [9.17, 15) is 4.79 Å². The van der Waals surface area contributed by atoms with E-state index in [2.05, 4.69) is 10.6 Å². The predicted octanol–water partition coefficient (Wildman–Crippen LogP) is 2.02. The predicted molar refractivity (Wildman–Crippen MR) is 69.4 cm³/mol. The number of benzene rings is 1. The second-order valence-electron chi connectivity index (χ2n) is 3.66. The summed E-state index contributed by atoms with van der Waals surface area (Å²) in [6.07, 6.45) is 0.953. The fourth-order valence-corrected chi connectivity index (χ4v) is 1.34. The molecule has 0 radical (unpaired) electrons. The van der Waals surface area contributed by atoms with Crippen molar-refractivity contribution in [3.05, 3.63) is 24.3 Å². The molecule has 0 saturated heterocycles. The van der Waals surface area contributed by atoms with Crippen LogP contribution in [-0.2, 0) is 4.79 Å². The molecular weight excluding hydrogens is 216 g/mol. The number of hydrogen-bond donors (Lipinski definition) is 2. The molecule has 0 aliphatic carbocycles. The number of carbonyl (C=O) groups excluding carboxylic acids is 1. The van der Waals surface area contributed by atoms with Crippen LogP contribution in [0.2, 0.25) is 0 Å². The maximum atomic E-state index is 11.3. The number of hydrogen-bond acceptors (Lipinski definition) is 3. The Balaban J connectivity index is 2.34. The first kappa shape index (κ1) is 13.4. The summed E-state index contributed by atoms with van der Waals surface area (Å²) in [5.74, 6) is 0.856. The van der Waals surface area contributed by atoms with Crippen LogP contribution in [0.3, 0.4) is 0 Å². The van der Waals surface area contributed by atoms with Gasteiger partial charge in [0.15, 0.2) is 0 Å². The van der Waals surface area contributed by atoms with Gasteiger partial charge in [-0.2, -0.15) is 0 Å². The molecule has 0 atom stereocenters. The normalized spacial score (nSPS) is 9.76. The third-order valence-corrected chi connectivity index (χ3v) is 2.19. The highest BCUT2D eigenvalue weighted by molar-refractivity contribution is 5.80. The van der Waals surface area contributed by atoms with Crippen molar-refractivity contribution < 1.29 is 9.53 Å². The fraction of sp³-hybridized carbons (Fsp3) is 0.462. The second-order valence-corrected chi connectivity index (χ2v) is 3.66. The van der Waals surface area contributed by atoms with Gasteiger partial charge >= 0.3 is 0 Å². The summed E-state index contributed by atoms with van der Waals surface area (Å²) in [6.45, 7) is 5.66. The number of nitrogens with one attached hydrogen (secondary N) is 2. The maximum absolute atomic E-state index is 11.3. The smallest absolute Gasteiger partial charge is 0.239 e. The van der Waals surface area contributed by atoms with Gasteiger partial charge in [0, 0.05) is 12.2 Å². The van der Waals surface area contributed by atoms with Gasteiger partial charge in [-0.15, -0.1) is 0 Å². The molecule has 4 nitrogen and oxygen atoms in total. The minimum absolute atomic E-state index is 0.0146. The van der Waals surface area contributed by atoms with Crippen molar-refractivity contribution >= 4 is 11.6 Å². The zero-order valence-corrected chi connectivity index (χ0v) is 10.5. The van der Waals surface area contributed by atoms with Crippen LogP contribution >= 0.6 is 0 Å². The molecule has 0 bridgehead atoms. The standard InChI is InChI=1S/C13H20N2O2/c1-3-9-14-13(16)10-15-11-5-7-12(8-6-11)17-4-2/h5-8,15H,3-4,9-10H2,1-2H3,(H,14,16). The van der Waals surface area contributed by atoms with Crippen LogP contribution in [0.25, 0.3) is 0 Å². The highest BCUT2D eigenvalue weighted by Crippen LogP contribution is 2.15. The summed E-state index contributed by atoms with van der Waals surface area (Å²) >= 11 is 0.